The number of nitrogens with one attached hydrogen (secondary N) is 2. The largest absolute Gasteiger partial charge is 0.358 e. The van der Waals surface area contributed by atoms with Crippen LogP contribution in [0.2, 0.25) is 0 Å². The van der Waals surface area contributed by atoms with Crippen LogP contribution < -0.4 is 10.7 Å². The van der Waals surface area contributed by atoms with Gasteiger partial charge in [-0.25, -0.2) is 0 Å². The Balaban J connectivity index is 2.50. The summed E-state index contributed by atoms with van der Waals surface area (Å²) in [5.41, 5.74) is 2.80. The van der Waals surface area contributed by atoms with Gasteiger partial charge >= 0.3 is 0 Å². The van der Waals surface area contributed by atoms with Crippen molar-refractivity contribution in [2.45, 2.75) is 5.37 Å². The first-order valence-corrected chi connectivity index (χ1v) is 7.01. The van der Waals surface area contributed by atoms with Crippen LogP contribution in [0, 0.1) is 0 Å². The van der Waals surface area contributed by atoms with Gasteiger partial charge in [-0.05, 0) is 12.2 Å². The predicted molar refractivity (Wildman–Crippen MR) is 83.5 cm³/mol. The first-order valence-electron chi connectivity index (χ1n) is 5.10. The molecule has 0 aliphatic carbocycles. The molecule has 0 aromatic rings. The predicted octanol–water partition coefficient (Wildman–Crippen LogP) is 1.40. The molecule has 1 fully saturated rings. The van der Waals surface area contributed by atoms with Crippen molar-refractivity contribution in [2.75, 3.05) is 18.8 Å². The number of hydrazone groups is 1. The van der Waals surface area contributed by atoms with E-state index >= 15 is 0 Å². The van der Waals surface area contributed by atoms with E-state index in [0.717, 1.165) is 17.5 Å². The standard InChI is InChI=1S/C10H16N4S3/c1-3-5-11-9(16)12-13-10-14(6-4-2)8(15)7-17-10/h3-4,8,15H,1-2,5-7H2,(H2,11,12,16)/b13-10-. The van der Waals surface area contributed by atoms with E-state index in [1.54, 1.807) is 17.8 Å². The monoisotopic (exact) mass is 288 g/mol. The van der Waals surface area contributed by atoms with Gasteiger partial charge in [-0.15, -0.1) is 18.3 Å². The van der Waals surface area contributed by atoms with Gasteiger partial charge in [-0.1, -0.05) is 23.9 Å². The highest BCUT2D eigenvalue weighted by atomic mass is 32.2. The average Bonchev–Trinajstić information content (AvgIpc) is 2.66. The molecule has 17 heavy (non-hydrogen) atoms. The van der Waals surface area contributed by atoms with Crippen LogP contribution in [0.1, 0.15) is 0 Å². The summed E-state index contributed by atoms with van der Waals surface area (Å²) in [5.74, 6) is 0.907. The third-order valence-electron chi connectivity index (χ3n) is 1.95. The second kappa shape index (κ2) is 7.62. The fourth-order valence-corrected chi connectivity index (χ4v) is 2.78. The summed E-state index contributed by atoms with van der Waals surface area (Å²) in [6.45, 7) is 8.67. The van der Waals surface area contributed by atoms with Crippen molar-refractivity contribution in [2.24, 2.45) is 5.10 Å². The van der Waals surface area contributed by atoms with Crippen molar-refractivity contribution in [3.63, 3.8) is 0 Å². The van der Waals surface area contributed by atoms with Crippen LogP contribution in [0.5, 0.6) is 0 Å². The van der Waals surface area contributed by atoms with E-state index in [4.69, 9.17) is 12.2 Å². The lowest BCUT2D eigenvalue weighted by Crippen LogP contribution is -2.35. The zero-order valence-corrected chi connectivity index (χ0v) is 12.0. The maximum atomic E-state index is 5.04. The molecule has 1 aliphatic heterocycles. The molecule has 7 heteroatoms. The summed E-state index contributed by atoms with van der Waals surface area (Å²) in [4.78, 5) is 2.06. The van der Waals surface area contributed by atoms with E-state index in [0.29, 0.717) is 11.7 Å². The first kappa shape index (κ1) is 14.4. The Labute approximate surface area is 117 Å². The van der Waals surface area contributed by atoms with Crippen molar-refractivity contribution in [3.05, 3.63) is 25.3 Å². The van der Waals surface area contributed by atoms with Crippen LogP contribution in [-0.2, 0) is 0 Å². The molecule has 0 saturated carbocycles. The fraction of sp³-hybridized carbons (Fsp3) is 0.400. The summed E-state index contributed by atoms with van der Waals surface area (Å²) < 4.78 is 0. The summed E-state index contributed by atoms with van der Waals surface area (Å²) >= 11 is 11.2. The summed E-state index contributed by atoms with van der Waals surface area (Å²) in [5, 5.41) is 8.73. The zero-order valence-electron chi connectivity index (χ0n) is 9.43. The van der Waals surface area contributed by atoms with Crippen LogP contribution in [0.3, 0.4) is 0 Å². The normalized spacial score (nSPS) is 21.4. The molecule has 4 nitrogen and oxygen atoms in total. The van der Waals surface area contributed by atoms with Crippen LogP contribution in [0.4, 0.5) is 0 Å². The number of hydrogen-bond acceptors (Lipinski definition) is 4. The maximum Gasteiger partial charge on any atom is 0.187 e. The number of thiocarbonyl (C=S) groups is 1. The van der Waals surface area contributed by atoms with E-state index < -0.39 is 0 Å². The lowest BCUT2D eigenvalue weighted by molar-refractivity contribution is 0.480. The third kappa shape index (κ3) is 4.61. The number of rotatable bonds is 5. The van der Waals surface area contributed by atoms with Crippen molar-refractivity contribution in [3.8, 4) is 0 Å². The lowest BCUT2D eigenvalue weighted by Gasteiger charge is -2.20. The number of thiol groups is 1. The Kier molecular flexibility index (Phi) is 6.46. The van der Waals surface area contributed by atoms with Gasteiger partial charge in [0.15, 0.2) is 10.3 Å². The molecule has 2 N–H and O–H groups in total. The topological polar surface area (TPSA) is 39.7 Å². The molecule has 1 atom stereocenters. The number of hydrogen-bond donors (Lipinski definition) is 3. The highest BCUT2D eigenvalue weighted by Gasteiger charge is 2.26. The molecule has 0 spiro atoms. The molecule has 1 aliphatic rings. The SMILES string of the molecule is C=CCNC(=S)N/N=C1\SCC(S)N1CC=C. The molecule has 0 aromatic carbocycles. The molecule has 0 aromatic heterocycles. The molecule has 0 amide bonds. The molecule has 1 rings (SSSR count). The van der Waals surface area contributed by atoms with Crippen LogP contribution in [-0.4, -0.2) is 39.4 Å². The Morgan fingerprint density at radius 2 is 2.41 bits per heavy atom. The summed E-state index contributed by atoms with van der Waals surface area (Å²) in [7, 11) is 0. The Morgan fingerprint density at radius 1 is 1.65 bits per heavy atom. The van der Waals surface area contributed by atoms with Gasteiger partial charge in [0.1, 0.15) is 0 Å². The minimum Gasteiger partial charge on any atom is -0.358 e. The highest BCUT2D eigenvalue weighted by Crippen LogP contribution is 2.25. The van der Waals surface area contributed by atoms with E-state index in [9.17, 15) is 0 Å². The molecular formula is C10H16N4S3. The number of amidine groups is 1. The van der Waals surface area contributed by atoms with Gasteiger partial charge in [0.25, 0.3) is 0 Å². The fourth-order valence-electron chi connectivity index (χ4n) is 1.19. The van der Waals surface area contributed by atoms with Crippen molar-refractivity contribution in [1.82, 2.24) is 15.6 Å². The molecule has 0 bridgehead atoms. The Morgan fingerprint density at radius 3 is 3.06 bits per heavy atom. The van der Waals surface area contributed by atoms with Crippen LogP contribution in [0.25, 0.3) is 0 Å². The van der Waals surface area contributed by atoms with E-state index in [2.05, 4.69) is 46.5 Å². The maximum absolute atomic E-state index is 5.04. The van der Waals surface area contributed by atoms with Gasteiger partial charge in [0.2, 0.25) is 0 Å². The average molecular weight is 288 g/mol. The Hall–Kier alpha value is -0.660. The minimum absolute atomic E-state index is 0.174. The molecule has 1 heterocycles. The first-order chi connectivity index (χ1) is 8.19. The van der Waals surface area contributed by atoms with Gasteiger partial charge < -0.3 is 10.2 Å². The number of nitrogens with zero attached hydrogens (tertiary/aromatic N) is 2. The smallest absolute Gasteiger partial charge is 0.187 e. The lowest BCUT2D eigenvalue weighted by atomic mass is 10.5. The summed E-state index contributed by atoms with van der Waals surface area (Å²) in [6, 6.07) is 0. The third-order valence-corrected chi connectivity index (χ3v) is 3.96. The molecular weight excluding hydrogens is 272 g/mol. The molecule has 1 saturated heterocycles. The Bertz CT molecular complexity index is 330. The second-order valence-corrected chi connectivity index (χ2v) is 5.23. The van der Waals surface area contributed by atoms with Gasteiger partial charge in [-0.2, -0.15) is 12.6 Å². The van der Waals surface area contributed by atoms with Crippen LogP contribution >= 0.6 is 36.6 Å². The molecule has 0 radical (unpaired) electrons. The van der Waals surface area contributed by atoms with Gasteiger partial charge in [0.05, 0.1) is 5.37 Å². The molecule has 1 unspecified atom stereocenters. The zero-order chi connectivity index (χ0) is 12.7. The summed E-state index contributed by atoms with van der Waals surface area (Å²) in [6.07, 6.45) is 3.57. The van der Waals surface area contributed by atoms with E-state index in [-0.39, 0.29) is 5.37 Å². The number of thioether (sulfide) groups is 1. The minimum atomic E-state index is 0.174. The van der Waals surface area contributed by atoms with Crippen molar-refractivity contribution < 1.29 is 0 Å². The van der Waals surface area contributed by atoms with Gasteiger partial charge in [0, 0.05) is 18.8 Å². The van der Waals surface area contributed by atoms with Crippen molar-refractivity contribution >= 4 is 46.9 Å². The van der Waals surface area contributed by atoms with Crippen LogP contribution in [0.15, 0.2) is 30.4 Å². The quantitative estimate of drug-likeness (QED) is 0.309. The van der Waals surface area contributed by atoms with Crippen molar-refractivity contribution in [1.29, 1.82) is 0 Å². The highest BCUT2D eigenvalue weighted by molar-refractivity contribution is 8.14. The second-order valence-electron chi connectivity index (χ2n) is 3.24. The van der Waals surface area contributed by atoms with Gasteiger partial charge in [-0.3, -0.25) is 5.43 Å². The van der Waals surface area contributed by atoms with E-state index in [1.165, 1.54) is 0 Å². The molecule has 94 valence electrons. The van der Waals surface area contributed by atoms with E-state index in [1.807, 2.05) is 6.08 Å².